The Hall–Kier alpha value is -2.26. The topological polar surface area (TPSA) is 104 Å². The highest BCUT2D eigenvalue weighted by Crippen LogP contribution is 2.22. The van der Waals surface area contributed by atoms with E-state index in [4.69, 9.17) is 34.7 Å². The molecule has 6 nitrogen and oxygen atoms in total. The van der Waals surface area contributed by atoms with E-state index >= 15 is 0 Å². The summed E-state index contributed by atoms with van der Waals surface area (Å²) in [6, 6.07) is 15.4. The summed E-state index contributed by atoms with van der Waals surface area (Å²) in [7, 11) is 0. The molecule has 4 rings (SSSR count). The molecule has 2 heterocycles. The third kappa shape index (κ3) is 5.87. The molecule has 0 amide bonds. The molecule has 0 unspecified atom stereocenters. The van der Waals surface area contributed by atoms with Crippen LogP contribution in [0.25, 0.3) is 0 Å². The van der Waals surface area contributed by atoms with Crippen molar-refractivity contribution in [3.8, 4) is 0 Å². The number of nitrogens with two attached hydrogens (primary N) is 2. The molecule has 2 aromatic carbocycles. The molecule has 0 aliphatic carbocycles. The minimum absolute atomic E-state index is 0.493. The number of nitrogen functional groups attached to an aromatic ring is 2. The van der Waals surface area contributed by atoms with Crippen LogP contribution in [0, 0.1) is 0 Å². The van der Waals surface area contributed by atoms with Gasteiger partial charge in [-0.25, -0.2) is 0 Å². The standard InChI is InChI=1S/2C9H8ClN3S/c2*10-7-4-2-1-3-6(7)5-8-12-13-9(11)14-8/h2*1-4H,5H2,(H2,11,13). The fourth-order valence-corrected chi connectivity index (χ4v) is 3.96. The highest BCUT2D eigenvalue weighted by molar-refractivity contribution is 7.15. The van der Waals surface area contributed by atoms with Crippen molar-refractivity contribution >= 4 is 56.1 Å². The van der Waals surface area contributed by atoms with Crippen molar-refractivity contribution < 1.29 is 0 Å². The second kappa shape index (κ2) is 9.79. The third-order valence-electron chi connectivity index (χ3n) is 3.56. The van der Waals surface area contributed by atoms with Gasteiger partial charge in [-0.15, -0.1) is 20.4 Å². The summed E-state index contributed by atoms with van der Waals surface area (Å²) in [5, 5.41) is 19.6. The van der Waals surface area contributed by atoms with Crippen molar-refractivity contribution in [3.05, 3.63) is 79.7 Å². The van der Waals surface area contributed by atoms with Gasteiger partial charge in [0.2, 0.25) is 10.3 Å². The first kappa shape index (κ1) is 20.5. The van der Waals surface area contributed by atoms with Gasteiger partial charge in [0.1, 0.15) is 10.0 Å². The normalized spacial score (nSPS) is 10.4. The second-order valence-corrected chi connectivity index (χ2v) is 8.61. The predicted octanol–water partition coefficient (Wildman–Crippen LogP) is 4.73. The van der Waals surface area contributed by atoms with E-state index in [9.17, 15) is 0 Å². The number of rotatable bonds is 4. The molecule has 4 aromatic rings. The van der Waals surface area contributed by atoms with Crippen LogP contribution in [0.5, 0.6) is 0 Å². The molecule has 28 heavy (non-hydrogen) atoms. The van der Waals surface area contributed by atoms with E-state index in [1.54, 1.807) is 0 Å². The maximum Gasteiger partial charge on any atom is 0.203 e. The molecule has 4 N–H and O–H groups in total. The third-order valence-corrected chi connectivity index (χ3v) is 5.81. The maximum absolute atomic E-state index is 6.01. The molecule has 0 aliphatic heterocycles. The van der Waals surface area contributed by atoms with Gasteiger partial charge < -0.3 is 11.5 Å². The maximum atomic E-state index is 6.01. The average Bonchev–Trinajstić information content (AvgIpc) is 3.27. The van der Waals surface area contributed by atoms with E-state index in [0.29, 0.717) is 23.1 Å². The monoisotopic (exact) mass is 450 g/mol. The summed E-state index contributed by atoms with van der Waals surface area (Å²) >= 11 is 14.8. The summed E-state index contributed by atoms with van der Waals surface area (Å²) in [4.78, 5) is 0. The van der Waals surface area contributed by atoms with E-state index in [-0.39, 0.29) is 0 Å². The zero-order valence-corrected chi connectivity index (χ0v) is 17.7. The molecule has 0 aliphatic rings. The molecule has 10 heteroatoms. The van der Waals surface area contributed by atoms with E-state index in [1.165, 1.54) is 22.7 Å². The van der Waals surface area contributed by atoms with Gasteiger partial charge in [0.05, 0.1) is 0 Å². The Labute approximate surface area is 180 Å². The smallest absolute Gasteiger partial charge is 0.203 e. The minimum Gasteiger partial charge on any atom is -0.374 e. The molecule has 2 aromatic heterocycles. The fourth-order valence-electron chi connectivity index (χ4n) is 2.29. The zero-order chi connectivity index (χ0) is 19.9. The number of anilines is 2. The molecule has 0 bridgehead atoms. The molecule has 0 saturated carbocycles. The van der Waals surface area contributed by atoms with E-state index < -0.39 is 0 Å². The van der Waals surface area contributed by atoms with Crippen LogP contribution in [0.4, 0.5) is 10.3 Å². The van der Waals surface area contributed by atoms with Gasteiger partial charge in [-0.2, -0.15) is 0 Å². The van der Waals surface area contributed by atoms with Crippen molar-refractivity contribution in [1.82, 2.24) is 20.4 Å². The number of nitrogens with zero attached hydrogens (tertiary/aromatic N) is 4. The lowest BCUT2D eigenvalue weighted by Crippen LogP contribution is -1.88. The van der Waals surface area contributed by atoms with Crippen LogP contribution in [0.1, 0.15) is 21.1 Å². The lowest BCUT2D eigenvalue weighted by Gasteiger charge is -1.99. The molecule has 0 saturated heterocycles. The number of hydrogen-bond acceptors (Lipinski definition) is 8. The second-order valence-electron chi connectivity index (χ2n) is 5.60. The highest BCUT2D eigenvalue weighted by Gasteiger charge is 2.06. The van der Waals surface area contributed by atoms with Crippen LogP contribution >= 0.6 is 45.9 Å². The van der Waals surface area contributed by atoms with E-state index in [1.807, 2.05) is 48.5 Å². The number of hydrogen-bond donors (Lipinski definition) is 2. The number of halogens is 2. The van der Waals surface area contributed by atoms with Crippen molar-refractivity contribution in [2.24, 2.45) is 0 Å². The van der Waals surface area contributed by atoms with Crippen LogP contribution in [-0.4, -0.2) is 20.4 Å². The summed E-state index contributed by atoms with van der Waals surface area (Å²) in [5.74, 6) is 0. The van der Waals surface area contributed by atoms with Gasteiger partial charge in [-0.05, 0) is 23.3 Å². The summed E-state index contributed by atoms with van der Waals surface area (Å²) in [6.45, 7) is 0. The van der Waals surface area contributed by atoms with Gasteiger partial charge in [-0.1, -0.05) is 82.3 Å². The van der Waals surface area contributed by atoms with Gasteiger partial charge in [0.15, 0.2) is 0 Å². The summed E-state index contributed by atoms with van der Waals surface area (Å²) < 4.78 is 0. The van der Waals surface area contributed by atoms with Crippen molar-refractivity contribution in [2.75, 3.05) is 11.5 Å². The predicted molar refractivity (Wildman–Crippen MR) is 117 cm³/mol. The largest absolute Gasteiger partial charge is 0.374 e. The van der Waals surface area contributed by atoms with Crippen molar-refractivity contribution in [3.63, 3.8) is 0 Å². The Morgan fingerprint density at radius 2 is 1.04 bits per heavy atom. The zero-order valence-electron chi connectivity index (χ0n) is 14.5. The SMILES string of the molecule is Nc1nnc(Cc2ccccc2Cl)s1.Nc1nnc(Cc2ccccc2Cl)s1. The van der Waals surface area contributed by atoms with Crippen LogP contribution < -0.4 is 11.5 Å². The van der Waals surface area contributed by atoms with Crippen LogP contribution in [0.15, 0.2) is 48.5 Å². The van der Waals surface area contributed by atoms with Gasteiger partial charge in [0.25, 0.3) is 0 Å². The molecule has 144 valence electrons. The molecular formula is C18H16Cl2N6S2. The van der Waals surface area contributed by atoms with Gasteiger partial charge >= 0.3 is 0 Å². The van der Waals surface area contributed by atoms with Crippen molar-refractivity contribution in [1.29, 1.82) is 0 Å². The average molecular weight is 451 g/mol. The first-order valence-electron chi connectivity index (χ1n) is 8.14. The Balaban J connectivity index is 0.000000161. The van der Waals surface area contributed by atoms with E-state index in [2.05, 4.69) is 20.4 Å². The van der Waals surface area contributed by atoms with Crippen LogP contribution in [-0.2, 0) is 12.8 Å². The molecule has 0 atom stereocenters. The fraction of sp³-hybridized carbons (Fsp3) is 0.111. The van der Waals surface area contributed by atoms with E-state index in [0.717, 1.165) is 31.2 Å². The first-order chi connectivity index (χ1) is 13.5. The number of aromatic nitrogens is 4. The molecule has 0 spiro atoms. The highest BCUT2D eigenvalue weighted by atomic mass is 35.5. The van der Waals surface area contributed by atoms with Gasteiger partial charge in [0, 0.05) is 22.9 Å². The molecule has 0 fully saturated rings. The molecular weight excluding hydrogens is 435 g/mol. The Morgan fingerprint density at radius 3 is 1.36 bits per heavy atom. The quantitative estimate of drug-likeness (QED) is 0.465. The van der Waals surface area contributed by atoms with Crippen molar-refractivity contribution in [2.45, 2.75) is 12.8 Å². The Kier molecular flexibility index (Phi) is 7.16. The number of benzene rings is 2. The molecule has 0 radical (unpaired) electrons. The Bertz CT molecular complexity index is 966. The Morgan fingerprint density at radius 1 is 0.643 bits per heavy atom. The summed E-state index contributed by atoms with van der Waals surface area (Å²) in [6.07, 6.45) is 1.38. The first-order valence-corrected chi connectivity index (χ1v) is 10.5. The van der Waals surface area contributed by atoms with Crippen LogP contribution in [0.2, 0.25) is 10.0 Å². The van der Waals surface area contributed by atoms with Crippen LogP contribution in [0.3, 0.4) is 0 Å². The minimum atomic E-state index is 0.493. The summed E-state index contributed by atoms with van der Waals surface area (Å²) in [5.41, 5.74) is 13.1. The lowest BCUT2D eigenvalue weighted by atomic mass is 10.2. The lowest BCUT2D eigenvalue weighted by molar-refractivity contribution is 1.01. The van der Waals surface area contributed by atoms with Gasteiger partial charge in [-0.3, -0.25) is 0 Å².